The zero-order chi connectivity index (χ0) is 19.7. The lowest BCUT2D eigenvalue weighted by Gasteiger charge is -2.57. The largest absolute Gasteiger partial charge is 0.465 e. The Morgan fingerprint density at radius 2 is 1.85 bits per heavy atom. The molecule has 144 valence electrons. The lowest BCUT2D eigenvalue weighted by atomic mass is 9.48. The van der Waals surface area contributed by atoms with Gasteiger partial charge in [0.15, 0.2) is 0 Å². The molecule has 4 nitrogen and oxygen atoms in total. The van der Waals surface area contributed by atoms with Crippen LogP contribution in [0.4, 0.5) is 0 Å². The van der Waals surface area contributed by atoms with Gasteiger partial charge in [0.1, 0.15) is 6.10 Å². The fourth-order valence-corrected chi connectivity index (χ4v) is 4.66. The van der Waals surface area contributed by atoms with Crippen LogP contribution < -0.4 is 0 Å². The van der Waals surface area contributed by atoms with E-state index in [9.17, 15) is 9.59 Å². The predicted molar refractivity (Wildman–Crippen MR) is 102 cm³/mol. The normalized spacial score (nSPS) is 33.3. The van der Waals surface area contributed by atoms with Crippen molar-refractivity contribution < 1.29 is 19.1 Å². The van der Waals surface area contributed by atoms with Crippen LogP contribution in [0.25, 0.3) is 0 Å². The Morgan fingerprint density at radius 3 is 2.42 bits per heavy atom. The molecule has 0 aliphatic heterocycles. The van der Waals surface area contributed by atoms with E-state index in [0.29, 0.717) is 13.0 Å². The standard InChI is InChI=1S/C22H32O4/c1-14(2)10-20(24)26-19-9-8-15(3)22(7)16(4)11-18(12-21(19,22)6)13-25-17(5)23/h8,10-11,18-19H,9,12-13H2,1-7H3/t18-,19-,21-,22+/m0/s1. The first-order valence-corrected chi connectivity index (χ1v) is 9.35. The van der Waals surface area contributed by atoms with Crippen molar-refractivity contribution in [3.8, 4) is 0 Å². The zero-order valence-corrected chi connectivity index (χ0v) is 17.1. The maximum absolute atomic E-state index is 12.3. The second-order valence-electron chi connectivity index (χ2n) is 8.43. The predicted octanol–water partition coefficient (Wildman–Crippen LogP) is 4.76. The Labute approximate surface area is 157 Å². The van der Waals surface area contributed by atoms with Crippen molar-refractivity contribution in [2.24, 2.45) is 16.7 Å². The number of allylic oxidation sites excluding steroid dienone is 3. The Morgan fingerprint density at radius 1 is 1.19 bits per heavy atom. The lowest BCUT2D eigenvalue weighted by Crippen LogP contribution is -2.54. The van der Waals surface area contributed by atoms with Gasteiger partial charge in [-0.1, -0.05) is 42.7 Å². The van der Waals surface area contributed by atoms with Gasteiger partial charge in [-0.3, -0.25) is 4.79 Å². The van der Waals surface area contributed by atoms with E-state index in [4.69, 9.17) is 9.47 Å². The number of carbonyl (C=O) groups excluding carboxylic acids is 2. The molecule has 26 heavy (non-hydrogen) atoms. The highest BCUT2D eigenvalue weighted by molar-refractivity contribution is 5.82. The second-order valence-corrected chi connectivity index (χ2v) is 8.43. The highest BCUT2D eigenvalue weighted by Crippen LogP contribution is 2.61. The third-order valence-electron chi connectivity index (χ3n) is 6.41. The molecule has 0 unspecified atom stereocenters. The Balaban J connectivity index is 2.38. The van der Waals surface area contributed by atoms with Crippen molar-refractivity contribution in [2.75, 3.05) is 6.61 Å². The van der Waals surface area contributed by atoms with Gasteiger partial charge in [-0.05, 0) is 34.1 Å². The lowest BCUT2D eigenvalue weighted by molar-refractivity contribution is -0.158. The molecule has 0 spiro atoms. The highest BCUT2D eigenvalue weighted by atomic mass is 16.5. The first-order chi connectivity index (χ1) is 12.0. The molecule has 0 fully saturated rings. The summed E-state index contributed by atoms with van der Waals surface area (Å²) in [6, 6.07) is 0. The molecule has 0 N–H and O–H groups in total. The summed E-state index contributed by atoms with van der Waals surface area (Å²) >= 11 is 0. The van der Waals surface area contributed by atoms with Crippen LogP contribution in [0.5, 0.6) is 0 Å². The van der Waals surface area contributed by atoms with Gasteiger partial charge in [0, 0.05) is 36.2 Å². The van der Waals surface area contributed by atoms with Crippen molar-refractivity contribution in [2.45, 2.75) is 67.4 Å². The molecule has 0 saturated carbocycles. The van der Waals surface area contributed by atoms with Crippen molar-refractivity contribution in [1.29, 1.82) is 0 Å². The molecule has 0 amide bonds. The molecule has 0 bridgehead atoms. The molecule has 2 rings (SSSR count). The van der Waals surface area contributed by atoms with Gasteiger partial charge in [0.25, 0.3) is 0 Å². The molecule has 0 aromatic rings. The number of esters is 2. The van der Waals surface area contributed by atoms with E-state index in [2.05, 4.69) is 39.8 Å². The number of fused-ring (bicyclic) bond motifs is 1. The van der Waals surface area contributed by atoms with Crippen LogP contribution in [0.2, 0.25) is 0 Å². The van der Waals surface area contributed by atoms with E-state index in [1.54, 1.807) is 6.08 Å². The van der Waals surface area contributed by atoms with Gasteiger partial charge in [-0.25, -0.2) is 4.79 Å². The first kappa shape index (κ1) is 20.5. The van der Waals surface area contributed by atoms with Gasteiger partial charge in [0.2, 0.25) is 0 Å². The Hall–Kier alpha value is -1.84. The van der Waals surface area contributed by atoms with Gasteiger partial charge < -0.3 is 9.47 Å². The third-order valence-corrected chi connectivity index (χ3v) is 6.41. The van der Waals surface area contributed by atoms with Gasteiger partial charge in [-0.15, -0.1) is 0 Å². The Kier molecular flexibility index (Phi) is 5.84. The minimum absolute atomic E-state index is 0.132. The molecule has 0 radical (unpaired) electrons. The number of rotatable bonds is 4. The van der Waals surface area contributed by atoms with Crippen molar-refractivity contribution in [1.82, 2.24) is 0 Å². The fourth-order valence-electron chi connectivity index (χ4n) is 4.66. The minimum Gasteiger partial charge on any atom is -0.465 e. The maximum atomic E-state index is 12.3. The molecule has 2 aliphatic carbocycles. The van der Waals surface area contributed by atoms with Crippen LogP contribution in [0.3, 0.4) is 0 Å². The average molecular weight is 360 g/mol. The summed E-state index contributed by atoms with van der Waals surface area (Å²) < 4.78 is 11.2. The SMILES string of the molecule is CC(=O)OC[C@H]1C=C(C)[C@@]2(C)C(C)=CC[C@H](OC(=O)C=C(C)C)[C@]2(C)C1. The van der Waals surface area contributed by atoms with Crippen LogP contribution in [0.1, 0.15) is 61.3 Å². The first-order valence-electron chi connectivity index (χ1n) is 9.35. The molecular formula is C22H32O4. The maximum Gasteiger partial charge on any atom is 0.330 e. The third kappa shape index (κ3) is 3.65. The number of hydrogen-bond donors (Lipinski definition) is 0. The molecule has 0 saturated heterocycles. The van der Waals surface area contributed by atoms with Crippen LogP contribution in [0, 0.1) is 16.7 Å². The topological polar surface area (TPSA) is 52.6 Å². The molecular weight excluding hydrogens is 328 g/mol. The molecule has 0 heterocycles. The van der Waals surface area contributed by atoms with E-state index < -0.39 is 0 Å². The summed E-state index contributed by atoms with van der Waals surface area (Å²) in [7, 11) is 0. The van der Waals surface area contributed by atoms with Gasteiger partial charge >= 0.3 is 11.9 Å². The summed E-state index contributed by atoms with van der Waals surface area (Å²) in [6.45, 7) is 14.3. The van der Waals surface area contributed by atoms with Crippen LogP contribution in [-0.4, -0.2) is 24.6 Å². The fraction of sp³-hybridized carbons (Fsp3) is 0.636. The number of ether oxygens (including phenoxy) is 2. The van der Waals surface area contributed by atoms with E-state index >= 15 is 0 Å². The molecule has 2 aliphatic rings. The minimum atomic E-state index is -0.282. The molecule has 0 aromatic carbocycles. The van der Waals surface area contributed by atoms with Crippen LogP contribution >= 0.6 is 0 Å². The van der Waals surface area contributed by atoms with E-state index in [1.165, 1.54) is 18.1 Å². The van der Waals surface area contributed by atoms with Gasteiger partial charge in [-0.2, -0.15) is 0 Å². The van der Waals surface area contributed by atoms with E-state index in [0.717, 1.165) is 12.0 Å². The van der Waals surface area contributed by atoms with E-state index in [-0.39, 0.29) is 34.8 Å². The average Bonchev–Trinajstić information content (AvgIpc) is 2.51. The van der Waals surface area contributed by atoms with Crippen LogP contribution in [-0.2, 0) is 19.1 Å². The molecule has 4 atom stereocenters. The van der Waals surface area contributed by atoms with E-state index in [1.807, 2.05) is 13.8 Å². The summed E-state index contributed by atoms with van der Waals surface area (Å²) in [5, 5.41) is 0. The Bertz CT molecular complexity index is 680. The molecule has 4 heteroatoms. The monoisotopic (exact) mass is 360 g/mol. The quantitative estimate of drug-likeness (QED) is 0.412. The molecule has 0 aromatic heterocycles. The van der Waals surface area contributed by atoms with Gasteiger partial charge in [0.05, 0.1) is 6.61 Å². The summed E-state index contributed by atoms with van der Waals surface area (Å²) in [4.78, 5) is 23.5. The summed E-state index contributed by atoms with van der Waals surface area (Å²) in [5.41, 5.74) is 3.07. The smallest absolute Gasteiger partial charge is 0.330 e. The van der Waals surface area contributed by atoms with Crippen molar-refractivity contribution >= 4 is 11.9 Å². The number of hydrogen-bond acceptors (Lipinski definition) is 4. The summed E-state index contributed by atoms with van der Waals surface area (Å²) in [6.07, 6.45) is 7.30. The second kappa shape index (κ2) is 7.42. The highest BCUT2D eigenvalue weighted by Gasteiger charge is 2.57. The van der Waals surface area contributed by atoms with Crippen LogP contribution in [0.15, 0.2) is 34.9 Å². The van der Waals surface area contributed by atoms with Crippen molar-refractivity contribution in [3.05, 3.63) is 34.9 Å². The van der Waals surface area contributed by atoms with Crippen molar-refractivity contribution in [3.63, 3.8) is 0 Å². The zero-order valence-electron chi connectivity index (χ0n) is 17.1. The number of carbonyl (C=O) groups is 2. The summed E-state index contributed by atoms with van der Waals surface area (Å²) in [5.74, 6) is -0.413.